The number of ether oxygens (including phenoxy) is 4. The molecule has 0 aromatic carbocycles. The monoisotopic (exact) mass is 510 g/mol. The van der Waals surface area contributed by atoms with Gasteiger partial charge in [0.25, 0.3) is 0 Å². The van der Waals surface area contributed by atoms with Crippen molar-refractivity contribution in [3.05, 3.63) is 30.7 Å². The highest BCUT2D eigenvalue weighted by atomic mass is 16.5. The molecule has 2 aliphatic rings. The van der Waals surface area contributed by atoms with Crippen molar-refractivity contribution >= 4 is 22.7 Å². The highest BCUT2D eigenvalue weighted by Crippen LogP contribution is 2.33. The number of aromatic nitrogens is 4. The van der Waals surface area contributed by atoms with Crippen LogP contribution in [-0.4, -0.2) is 83.3 Å². The van der Waals surface area contributed by atoms with Gasteiger partial charge in [-0.05, 0) is 38.7 Å². The molecule has 0 atom stereocenters. The van der Waals surface area contributed by atoms with Crippen LogP contribution in [0.5, 0.6) is 17.4 Å². The number of pyridine rings is 2. The second-order valence-corrected chi connectivity index (χ2v) is 9.17. The molecule has 3 aromatic rings. The molecule has 1 saturated heterocycles. The molecule has 37 heavy (non-hydrogen) atoms. The van der Waals surface area contributed by atoms with Gasteiger partial charge in [0.05, 0.1) is 49.3 Å². The molecule has 2 N–H and O–H groups in total. The lowest BCUT2D eigenvalue weighted by atomic mass is 9.93. The van der Waals surface area contributed by atoms with Crippen LogP contribution in [0.4, 0.5) is 11.8 Å². The van der Waals surface area contributed by atoms with Gasteiger partial charge in [0.1, 0.15) is 24.3 Å². The van der Waals surface area contributed by atoms with E-state index in [1.54, 1.807) is 18.5 Å². The van der Waals surface area contributed by atoms with Gasteiger partial charge in [0.15, 0.2) is 5.75 Å². The fourth-order valence-electron chi connectivity index (χ4n) is 4.61. The molecule has 2 fully saturated rings. The number of fused-ring (bicyclic) bond motifs is 1. The number of rotatable bonds is 10. The zero-order chi connectivity index (χ0) is 25.5. The van der Waals surface area contributed by atoms with Crippen LogP contribution in [-0.2, 0) is 9.47 Å². The average molecular weight is 511 g/mol. The first kappa shape index (κ1) is 25.2. The van der Waals surface area contributed by atoms with Crippen LogP contribution in [0.25, 0.3) is 10.9 Å². The quantitative estimate of drug-likeness (QED) is 0.391. The van der Waals surface area contributed by atoms with Crippen molar-refractivity contribution in [2.75, 3.05) is 56.3 Å². The predicted molar refractivity (Wildman–Crippen MR) is 139 cm³/mol. The van der Waals surface area contributed by atoms with Crippen molar-refractivity contribution in [2.24, 2.45) is 0 Å². The van der Waals surface area contributed by atoms with Gasteiger partial charge in [-0.25, -0.2) is 9.97 Å². The van der Waals surface area contributed by atoms with Gasteiger partial charge >= 0.3 is 0 Å². The van der Waals surface area contributed by atoms with Crippen LogP contribution in [0, 0.1) is 0 Å². The van der Waals surface area contributed by atoms with Crippen LogP contribution in [0.1, 0.15) is 32.6 Å². The van der Waals surface area contributed by atoms with E-state index in [0.717, 1.165) is 50.1 Å². The number of nitrogens with zero attached hydrogens (tertiary/aromatic N) is 5. The summed E-state index contributed by atoms with van der Waals surface area (Å²) in [5.74, 6) is 2.65. The molecule has 1 aliphatic carbocycles. The van der Waals surface area contributed by atoms with Gasteiger partial charge in [0, 0.05) is 31.8 Å². The number of nitrogens with one attached hydrogen (secondary N) is 1. The van der Waals surface area contributed by atoms with Crippen LogP contribution >= 0.6 is 0 Å². The molecule has 0 amide bonds. The summed E-state index contributed by atoms with van der Waals surface area (Å²) in [6.07, 6.45) is 8.42. The molecule has 3 aromatic heterocycles. The highest BCUT2D eigenvalue weighted by molar-refractivity contribution is 5.86. The van der Waals surface area contributed by atoms with E-state index < -0.39 is 0 Å². The van der Waals surface area contributed by atoms with E-state index in [-0.39, 0.29) is 17.9 Å². The van der Waals surface area contributed by atoms with Crippen molar-refractivity contribution in [2.45, 2.75) is 44.8 Å². The van der Waals surface area contributed by atoms with Crippen molar-refractivity contribution in [1.29, 1.82) is 0 Å². The fourth-order valence-corrected chi connectivity index (χ4v) is 4.61. The Labute approximate surface area is 216 Å². The molecule has 11 nitrogen and oxygen atoms in total. The largest absolute Gasteiger partial charge is 0.506 e. The van der Waals surface area contributed by atoms with Gasteiger partial charge in [-0.1, -0.05) is 0 Å². The number of aromatic hydroxyl groups is 1. The molecule has 5 rings (SSSR count). The minimum Gasteiger partial charge on any atom is -0.506 e. The second-order valence-electron chi connectivity index (χ2n) is 9.17. The zero-order valence-corrected chi connectivity index (χ0v) is 21.1. The van der Waals surface area contributed by atoms with E-state index in [0.29, 0.717) is 56.0 Å². The van der Waals surface area contributed by atoms with E-state index in [2.05, 4.69) is 25.2 Å². The summed E-state index contributed by atoms with van der Waals surface area (Å²) in [5, 5.41) is 14.2. The number of anilines is 2. The van der Waals surface area contributed by atoms with Crippen molar-refractivity contribution in [3.8, 4) is 17.4 Å². The van der Waals surface area contributed by atoms with E-state index in [4.69, 9.17) is 23.9 Å². The van der Waals surface area contributed by atoms with Gasteiger partial charge < -0.3 is 34.3 Å². The molecule has 198 valence electrons. The Morgan fingerprint density at radius 2 is 1.81 bits per heavy atom. The Kier molecular flexibility index (Phi) is 8.32. The van der Waals surface area contributed by atoms with Crippen LogP contribution in [0.2, 0.25) is 0 Å². The summed E-state index contributed by atoms with van der Waals surface area (Å²) in [4.78, 5) is 20.2. The van der Waals surface area contributed by atoms with E-state index in [1.807, 2.05) is 13.0 Å². The number of morpholine rings is 1. The van der Waals surface area contributed by atoms with Crippen molar-refractivity contribution in [1.82, 2.24) is 19.9 Å². The topological polar surface area (TPSA) is 124 Å². The van der Waals surface area contributed by atoms with Gasteiger partial charge in [-0.3, -0.25) is 4.98 Å². The molecule has 0 bridgehead atoms. The Morgan fingerprint density at radius 1 is 1.03 bits per heavy atom. The molecule has 4 heterocycles. The summed E-state index contributed by atoms with van der Waals surface area (Å²) in [6, 6.07) is 3.88. The Morgan fingerprint density at radius 3 is 2.57 bits per heavy atom. The minimum absolute atomic E-state index is 0.0260. The van der Waals surface area contributed by atoms with Gasteiger partial charge in [-0.2, -0.15) is 4.98 Å². The molecule has 0 spiro atoms. The molecular weight excluding hydrogens is 476 g/mol. The second kappa shape index (κ2) is 12.2. The normalized spacial score (nSPS) is 20.1. The maximum absolute atomic E-state index is 10.0. The number of hydrogen-bond donors (Lipinski definition) is 2. The summed E-state index contributed by atoms with van der Waals surface area (Å²) in [6.45, 7) is 6.53. The maximum Gasteiger partial charge on any atom is 0.225 e. The Bertz CT molecular complexity index is 1150. The lowest BCUT2D eigenvalue weighted by Crippen LogP contribution is -2.37. The first-order valence-corrected chi connectivity index (χ1v) is 13.0. The molecule has 0 radical (unpaired) electrons. The van der Waals surface area contributed by atoms with Crippen LogP contribution in [0.15, 0.2) is 30.7 Å². The van der Waals surface area contributed by atoms with Gasteiger partial charge in [0.2, 0.25) is 11.8 Å². The summed E-state index contributed by atoms with van der Waals surface area (Å²) < 4.78 is 22.8. The van der Waals surface area contributed by atoms with Crippen molar-refractivity contribution in [3.63, 3.8) is 0 Å². The molecule has 1 saturated carbocycles. The van der Waals surface area contributed by atoms with E-state index >= 15 is 0 Å². The Balaban J connectivity index is 1.18. The maximum atomic E-state index is 10.0. The average Bonchev–Trinajstić information content (AvgIpc) is 2.94. The SMILES string of the molecule is CCOCCOc1cnc(NC2CCC(Oc3nc(N4CCOCC4)cc4ncc(O)cc34)CC2)nc1. The third-order valence-electron chi connectivity index (χ3n) is 6.57. The van der Waals surface area contributed by atoms with Crippen LogP contribution < -0.4 is 19.7 Å². The number of hydrogen-bond acceptors (Lipinski definition) is 11. The summed E-state index contributed by atoms with van der Waals surface area (Å²) in [5.41, 5.74) is 0.752. The first-order chi connectivity index (χ1) is 18.2. The van der Waals surface area contributed by atoms with Crippen LogP contribution in [0.3, 0.4) is 0 Å². The predicted octanol–water partition coefficient (Wildman–Crippen LogP) is 3.18. The first-order valence-electron chi connectivity index (χ1n) is 13.0. The minimum atomic E-state index is 0.0260. The molecule has 11 heteroatoms. The highest BCUT2D eigenvalue weighted by Gasteiger charge is 2.25. The molecule has 0 unspecified atom stereocenters. The smallest absolute Gasteiger partial charge is 0.225 e. The van der Waals surface area contributed by atoms with Crippen molar-refractivity contribution < 1.29 is 24.1 Å². The summed E-state index contributed by atoms with van der Waals surface area (Å²) >= 11 is 0. The lowest BCUT2D eigenvalue weighted by molar-refractivity contribution is 0.110. The third kappa shape index (κ3) is 6.66. The van der Waals surface area contributed by atoms with E-state index in [9.17, 15) is 5.11 Å². The standard InChI is InChI=1S/C26H34N6O5/c1-2-34-11-12-36-21-16-28-26(29-17-21)30-18-3-5-20(6-4-18)37-25-22-13-19(33)15-27-23(22)14-24(31-25)32-7-9-35-10-8-32/h13-18,20,33H,2-12H2,1H3,(H,28,29,30). The molecular formula is C26H34N6O5. The summed E-state index contributed by atoms with van der Waals surface area (Å²) in [7, 11) is 0. The molecule has 1 aliphatic heterocycles. The van der Waals surface area contributed by atoms with Gasteiger partial charge in [-0.15, -0.1) is 0 Å². The fraction of sp³-hybridized carbons (Fsp3) is 0.538. The zero-order valence-electron chi connectivity index (χ0n) is 21.1. The lowest BCUT2D eigenvalue weighted by Gasteiger charge is -2.31. The third-order valence-corrected chi connectivity index (χ3v) is 6.57. The Hall–Kier alpha value is -3.44. The van der Waals surface area contributed by atoms with E-state index in [1.165, 1.54) is 6.20 Å².